The Hall–Kier alpha value is -0.670. The van der Waals surface area contributed by atoms with Crippen LogP contribution in [0.3, 0.4) is 0 Å². The van der Waals surface area contributed by atoms with Gasteiger partial charge in [-0.05, 0) is 24.6 Å². The molecule has 1 aromatic rings. The molecule has 0 spiro atoms. The van der Waals surface area contributed by atoms with Gasteiger partial charge in [-0.1, -0.05) is 22.0 Å². The molecule has 124 valence electrons. The number of rotatable bonds is 5. The summed E-state index contributed by atoms with van der Waals surface area (Å²) in [6.07, 6.45) is 0.940. The predicted molar refractivity (Wildman–Crippen MR) is 90.4 cm³/mol. The van der Waals surface area contributed by atoms with E-state index in [1.165, 1.54) is 12.1 Å². The van der Waals surface area contributed by atoms with E-state index in [2.05, 4.69) is 20.7 Å². The maximum absolute atomic E-state index is 12.1. The van der Waals surface area contributed by atoms with E-state index in [1.807, 2.05) is 0 Å². The molecule has 0 saturated carbocycles. The summed E-state index contributed by atoms with van der Waals surface area (Å²) in [6, 6.07) is 6.46. The van der Waals surface area contributed by atoms with Crippen LogP contribution in [0.25, 0.3) is 0 Å². The summed E-state index contributed by atoms with van der Waals surface area (Å²) in [5.41, 5.74) is 5.74. The molecule has 0 aliphatic carbocycles. The van der Waals surface area contributed by atoms with Crippen LogP contribution in [0, 0.1) is 0 Å². The smallest absolute Gasteiger partial charge is 0.240 e. The van der Waals surface area contributed by atoms with E-state index in [0.29, 0.717) is 17.6 Å². The van der Waals surface area contributed by atoms with Crippen LogP contribution in [-0.2, 0) is 14.8 Å². The van der Waals surface area contributed by atoms with Gasteiger partial charge in [-0.2, -0.15) is 0 Å². The number of nitrogens with zero attached hydrogens (tertiary/aromatic N) is 1. The second kappa shape index (κ2) is 8.26. The number of benzene rings is 1. The van der Waals surface area contributed by atoms with Crippen molar-refractivity contribution >= 4 is 44.3 Å². The minimum absolute atomic E-state index is 0. The average Bonchev–Trinajstić information content (AvgIpc) is 2.85. The number of nitrogens with one attached hydrogen (secondary N) is 1. The molecule has 1 fully saturated rings. The SMILES string of the molecule is Cl.N[C@@H]1CCN(C(=O)CCNS(=O)(=O)c2cccc(Br)c2)C1. The third-order valence-corrected chi connectivity index (χ3v) is 5.27. The molecular weight excluding hydrogens is 394 g/mol. The molecule has 1 atom stereocenters. The summed E-state index contributed by atoms with van der Waals surface area (Å²) in [5.74, 6) is -0.0695. The number of halogens is 2. The lowest BCUT2D eigenvalue weighted by molar-refractivity contribution is -0.130. The van der Waals surface area contributed by atoms with E-state index in [0.717, 1.165) is 6.42 Å². The fourth-order valence-electron chi connectivity index (χ4n) is 2.18. The summed E-state index contributed by atoms with van der Waals surface area (Å²) in [4.78, 5) is 13.7. The van der Waals surface area contributed by atoms with E-state index in [-0.39, 0.29) is 42.2 Å². The Labute approximate surface area is 145 Å². The number of nitrogens with two attached hydrogens (primary N) is 1. The van der Waals surface area contributed by atoms with Gasteiger partial charge in [0.1, 0.15) is 0 Å². The third kappa shape index (κ3) is 5.20. The number of hydrogen-bond acceptors (Lipinski definition) is 4. The molecule has 0 unspecified atom stereocenters. The van der Waals surface area contributed by atoms with Crippen molar-refractivity contribution in [3.63, 3.8) is 0 Å². The Bertz CT molecular complexity index is 627. The summed E-state index contributed by atoms with van der Waals surface area (Å²) >= 11 is 3.23. The molecule has 1 saturated heterocycles. The zero-order valence-corrected chi connectivity index (χ0v) is 15.1. The first-order chi connectivity index (χ1) is 9.88. The lowest BCUT2D eigenvalue weighted by Gasteiger charge is -2.15. The summed E-state index contributed by atoms with van der Waals surface area (Å²) in [6.45, 7) is 1.29. The van der Waals surface area contributed by atoms with Gasteiger partial charge in [0.15, 0.2) is 0 Å². The van der Waals surface area contributed by atoms with Gasteiger partial charge in [0, 0.05) is 36.6 Å². The van der Waals surface area contributed by atoms with Gasteiger partial charge < -0.3 is 10.6 Å². The third-order valence-electron chi connectivity index (χ3n) is 3.31. The zero-order chi connectivity index (χ0) is 15.5. The minimum atomic E-state index is -3.59. The normalized spacial score (nSPS) is 18.1. The molecule has 3 N–H and O–H groups in total. The molecule has 0 radical (unpaired) electrons. The Kier molecular flexibility index (Phi) is 7.27. The zero-order valence-electron chi connectivity index (χ0n) is 11.9. The van der Waals surface area contributed by atoms with Crippen LogP contribution in [-0.4, -0.2) is 44.9 Å². The summed E-state index contributed by atoms with van der Waals surface area (Å²) in [7, 11) is -3.59. The number of hydrogen-bond donors (Lipinski definition) is 2. The van der Waals surface area contributed by atoms with E-state index >= 15 is 0 Å². The highest BCUT2D eigenvalue weighted by Crippen LogP contribution is 2.16. The molecule has 0 bridgehead atoms. The molecule has 0 aromatic heterocycles. The number of sulfonamides is 1. The topological polar surface area (TPSA) is 92.5 Å². The lowest BCUT2D eigenvalue weighted by Crippen LogP contribution is -2.34. The molecule has 1 aliphatic rings. The summed E-state index contributed by atoms with van der Waals surface area (Å²) < 4.78 is 27.3. The number of likely N-dealkylation sites (tertiary alicyclic amines) is 1. The highest BCUT2D eigenvalue weighted by atomic mass is 79.9. The van der Waals surface area contributed by atoms with Crippen LogP contribution < -0.4 is 10.5 Å². The van der Waals surface area contributed by atoms with Gasteiger partial charge in [-0.15, -0.1) is 12.4 Å². The first-order valence-corrected chi connectivity index (χ1v) is 8.95. The van der Waals surface area contributed by atoms with Crippen molar-refractivity contribution in [3.8, 4) is 0 Å². The van der Waals surface area contributed by atoms with Crippen LogP contribution in [0.4, 0.5) is 0 Å². The second-order valence-corrected chi connectivity index (χ2v) is 7.68. The van der Waals surface area contributed by atoms with Crippen LogP contribution in [0.15, 0.2) is 33.6 Å². The monoisotopic (exact) mass is 411 g/mol. The van der Waals surface area contributed by atoms with Crippen LogP contribution >= 0.6 is 28.3 Å². The van der Waals surface area contributed by atoms with Crippen molar-refractivity contribution < 1.29 is 13.2 Å². The van der Waals surface area contributed by atoms with Crippen LogP contribution in [0.5, 0.6) is 0 Å². The van der Waals surface area contributed by atoms with Gasteiger partial charge in [-0.25, -0.2) is 13.1 Å². The van der Waals surface area contributed by atoms with Crippen molar-refractivity contribution in [3.05, 3.63) is 28.7 Å². The predicted octanol–water partition coefficient (Wildman–Crippen LogP) is 1.10. The van der Waals surface area contributed by atoms with Crippen molar-refractivity contribution in [1.29, 1.82) is 0 Å². The maximum atomic E-state index is 12.1. The Morgan fingerprint density at radius 1 is 1.45 bits per heavy atom. The Balaban J connectivity index is 0.00000242. The van der Waals surface area contributed by atoms with Gasteiger partial charge in [-0.3, -0.25) is 4.79 Å². The lowest BCUT2D eigenvalue weighted by atomic mass is 10.3. The molecule has 1 amide bonds. The largest absolute Gasteiger partial charge is 0.341 e. The fourth-order valence-corrected chi connectivity index (χ4v) is 3.81. The number of carbonyl (C=O) groups excluding carboxylic acids is 1. The van der Waals surface area contributed by atoms with Crippen molar-refractivity contribution in [2.45, 2.75) is 23.8 Å². The van der Waals surface area contributed by atoms with E-state index in [9.17, 15) is 13.2 Å². The molecule has 1 heterocycles. The minimum Gasteiger partial charge on any atom is -0.341 e. The molecule has 22 heavy (non-hydrogen) atoms. The number of carbonyl (C=O) groups is 1. The van der Waals surface area contributed by atoms with E-state index < -0.39 is 10.0 Å². The first-order valence-electron chi connectivity index (χ1n) is 6.67. The average molecular weight is 413 g/mol. The van der Waals surface area contributed by atoms with E-state index in [1.54, 1.807) is 17.0 Å². The van der Waals surface area contributed by atoms with Crippen LogP contribution in [0.1, 0.15) is 12.8 Å². The van der Waals surface area contributed by atoms with Gasteiger partial charge in [0.05, 0.1) is 4.90 Å². The van der Waals surface area contributed by atoms with Crippen LogP contribution in [0.2, 0.25) is 0 Å². The standard InChI is InChI=1S/C13H18BrN3O3S.ClH/c14-10-2-1-3-12(8-10)21(19,20)16-6-4-13(18)17-7-5-11(15)9-17;/h1-3,8,11,16H,4-7,9,15H2;1H/t11-;/m1./s1. The molecule has 1 aliphatic heterocycles. The van der Waals surface area contributed by atoms with Gasteiger partial charge >= 0.3 is 0 Å². The van der Waals surface area contributed by atoms with Crippen molar-refractivity contribution in [2.75, 3.05) is 19.6 Å². The molecule has 6 nitrogen and oxygen atoms in total. The Morgan fingerprint density at radius 3 is 2.77 bits per heavy atom. The highest BCUT2D eigenvalue weighted by Gasteiger charge is 2.23. The molecule has 9 heteroatoms. The van der Waals surface area contributed by atoms with Crippen molar-refractivity contribution in [1.82, 2.24) is 9.62 Å². The summed E-state index contributed by atoms with van der Waals surface area (Å²) in [5, 5.41) is 0. The van der Waals surface area contributed by atoms with Gasteiger partial charge in [0.25, 0.3) is 0 Å². The number of amides is 1. The molecule has 2 rings (SSSR count). The molecular formula is C13H19BrClN3O3S. The Morgan fingerprint density at radius 2 is 2.18 bits per heavy atom. The van der Waals surface area contributed by atoms with E-state index in [4.69, 9.17) is 5.73 Å². The fraction of sp³-hybridized carbons (Fsp3) is 0.462. The highest BCUT2D eigenvalue weighted by molar-refractivity contribution is 9.10. The first kappa shape index (κ1) is 19.4. The maximum Gasteiger partial charge on any atom is 0.240 e. The molecule has 1 aromatic carbocycles. The second-order valence-electron chi connectivity index (χ2n) is 4.99. The quantitative estimate of drug-likeness (QED) is 0.757. The van der Waals surface area contributed by atoms with Crippen molar-refractivity contribution in [2.24, 2.45) is 5.73 Å². The van der Waals surface area contributed by atoms with Gasteiger partial charge in [0.2, 0.25) is 15.9 Å².